The molecule has 2 aromatic carbocycles. The van der Waals surface area contributed by atoms with Gasteiger partial charge in [-0.25, -0.2) is 4.68 Å². The SMILES string of the molecule is Cc1nn(-c2ccccc2)c(C)c1C(=O)C(=O)NCc1ccc(C(=O)NCC(N)=O)cc1. The molecule has 1 aromatic heterocycles. The van der Waals surface area contributed by atoms with E-state index in [1.165, 1.54) is 0 Å². The lowest BCUT2D eigenvalue weighted by Crippen LogP contribution is -2.33. The molecule has 164 valence electrons. The van der Waals surface area contributed by atoms with Crippen LogP contribution in [0, 0.1) is 13.8 Å². The van der Waals surface area contributed by atoms with E-state index >= 15 is 0 Å². The number of nitrogens with two attached hydrogens (primary N) is 1. The van der Waals surface area contributed by atoms with Gasteiger partial charge in [-0.15, -0.1) is 0 Å². The van der Waals surface area contributed by atoms with Crippen molar-refractivity contribution in [3.05, 3.63) is 82.7 Å². The van der Waals surface area contributed by atoms with Crippen LogP contribution in [0.3, 0.4) is 0 Å². The first kappa shape index (κ1) is 22.4. The molecule has 3 rings (SSSR count). The van der Waals surface area contributed by atoms with Crippen LogP contribution in [-0.4, -0.2) is 39.8 Å². The molecular weight excluding hydrogens is 410 g/mol. The van der Waals surface area contributed by atoms with E-state index in [1.54, 1.807) is 42.8 Å². The molecule has 3 amide bonds. The second-order valence-electron chi connectivity index (χ2n) is 7.15. The summed E-state index contributed by atoms with van der Waals surface area (Å²) in [5.41, 5.74) is 8.17. The van der Waals surface area contributed by atoms with Gasteiger partial charge in [0.25, 0.3) is 17.6 Å². The second kappa shape index (κ2) is 9.69. The van der Waals surface area contributed by atoms with Gasteiger partial charge in [0.15, 0.2) is 0 Å². The molecule has 32 heavy (non-hydrogen) atoms. The number of hydrogen-bond acceptors (Lipinski definition) is 5. The average molecular weight is 433 g/mol. The van der Waals surface area contributed by atoms with Crippen LogP contribution in [0.15, 0.2) is 54.6 Å². The van der Waals surface area contributed by atoms with Crippen LogP contribution < -0.4 is 16.4 Å². The molecule has 9 nitrogen and oxygen atoms in total. The summed E-state index contributed by atoms with van der Waals surface area (Å²) in [5.74, 6) is -2.48. The molecule has 0 bridgehead atoms. The zero-order chi connectivity index (χ0) is 23.3. The monoisotopic (exact) mass is 433 g/mol. The van der Waals surface area contributed by atoms with Crippen molar-refractivity contribution in [1.82, 2.24) is 20.4 Å². The normalized spacial score (nSPS) is 10.4. The lowest BCUT2D eigenvalue weighted by atomic mass is 10.1. The standard InChI is InChI=1S/C23H23N5O4/c1-14-20(15(2)28(27-14)18-6-4-3-5-7-18)21(30)23(32)25-12-16-8-10-17(11-9-16)22(31)26-13-19(24)29/h3-11H,12-13H2,1-2H3,(H2,24,29)(H,25,32)(H,26,31). The first-order valence-corrected chi connectivity index (χ1v) is 9.87. The van der Waals surface area contributed by atoms with E-state index < -0.39 is 23.5 Å². The molecule has 0 aliphatic rings. The Bertz CT molecular complexity index is 1170. The van der Waals surface area contributed by atoms with Crippen LogP contribution in [-0.2, 0) is 16.1 Å². The second-order valence-corrected chi connectivity index (χ2v) is 7.15. The Labute approximate surface area is 184 Å². The van der Waals surface area contributed by atoms with E-state index in [9.17, 15) is 19.2 Å². The van der Waals surface area contributed by atoms with Crippen LogP contribution in [0.5, 0.6) is 0 Å². The summed E-state index contributed by atoms with van der Waals surface area (Å²) < 4.78 is 1.64. The lowest BCUT2D eigenvalue weighted by molar-refractivity contribution is -0.117. The predicted octanol–water partition coefficient (Wildman–Crippen LogP) is 1.20. The molecular formula is C23H23N5O4. The Kier molecular flexibility index (Phi) is 6.79. The van der Waals surface area contributed by atoms with Crippen molar-refractivity contribution in [2.45, 2.75) is 20.4 Å². The summed E-state index contributed by atoms with van der Waals surface area (Å²) in [4.78, 5) is 47.9. The van der Waals surface area contributed by atoms with Gasteiger partial charge < -0.3 is 16.4 Å². The van der Waals surface area contributed by atoms with E-state index in [-0.39, 0.29) is 18.7 Å². The van der Waals surface area contributed by atoms with Crippen molar-refractivity contribution in [2.24, 2.45) is 5.73 Å². The molecule has 0 saturated carbocycles. The van der Waals surface area contributed by atoms with Crippen molar-refractivity contribution in [3.63, 3.8) is 0 Å². The minimum absolute atomic E-state index is 0.110. The fourth-order valence-electron chi connectivity index (χ4n) is 3.21. The van der Waals surface area contributed by atoms with Gasteiger partial charge >= 0.3 is 0 Å². The Hall–Kier alpha value is -4.27. The van der Waals surface area contributed by atoms with Crippen LogP contribution in [0.2, 0.25) is 0 Å². The number of amides is 3. The molecule has 0 saturated heterocycles. The zero-order valence-electron chi connectivity index (χ0n) is 17.7. The largest absolute Gasteiger partial charge is 0.368 e. The van der Waals surface area contributed by atoms with E-state index in [0.717, 1.165) is 5.69 Å². The zero-order valence-corrected chi connectivity index (χ0v) is 17.7. The smallest absolute Gasteiger partial charge is 0.292 e. The number of Topliss-reactive ketones (excluding diaryl/α,β-unsaturated/α-hetero) is 1. The van der Waals surface area contributed by atoms with Gasteiger partial charge in [0.1, 0.15) is 0 Å². The number of aromatic nitrogens is 2. The molecule has 9 heteroatoms. The number of rotatable bonds is 8. The van der Waals surface area contributed by atoms with Crippen molar-refractivity contribution in [1.29, 1.82) is 0 Å². The molecule has 1 heterocycles. The third kappa shape index (κ3) is 5.07. The molecule has 0 atom stereocenters. The molecule has 0 aliphatic carbocycles. The van der Waals surface area contributed by atoms with Crippen molar-refractivity contribution >= 4 is 23.5 Å². The number of para-hydroxylation sites is 1. The average Bonchev–Trinajstić information content (AvgIpc) is 3.10. The van der Waals surface area contributed by atoms with Gasteiger partial charge in [0, 0.05) is 12.1 Å². The number of ketones is 1. The van der Waals surface area contributed by atoms with Gasteiger partial charge in [-0.3, -0.25) is 19.2 Å². The molecule has 0 spiro atoms. The minimum atomic E-state index is -0.743. The number of aryl methyl sites for hydroxylation is 1. The fourth-order valence-corrected chi connectivity index (χ4v) is 3.21. The van der Waals surface area contributed by atoms with Gasteiger partial charge in [0.2, 0.25) is 5.91 Å². The Morgan fingerprint density at radius 2 is 1.59 bits per heavy atom. The third-order valence-corrected chi connectivity index (χ3v) is 4.82. The first-order chi connectivity index (χ1) is 15.3. The van der Waals surface area contributed by atoms with Gasteiger partial charge in [-0.05, 0) is 43.7 Å². The summed E-state index contributed by atoms with van der Waals surface area (Å²) in [6, 6.07) is 15.8. The number of carbonyl (C=O) groups is 4. The van der Waals surface area contributed by atoms with E-state index in [4.69, 9.17) is 5.73 Å². The third-order valence-electron chi connectivity index (χ3n) is 4.82. The number of benzene rings is 2. The van der Waals surface area contributed by atoms with Crippen LogP contribution in [0.1, 0.15) is 37.7 Å². The molecule has 0 unspecified atom stereocenters. The summed E-state index contributed by atoms with van der Waals surface area (Å²) in [5, 5.41) is 9.40. The Morgan fingerprint density at radius 1 is 0.938 bits per heavy atom. The number of hydrogen-bond donors (Lipinski definition) is 3. The summed E-state index contributed by atoms with van der Waals surface area (Å²) >= 11 is 0. The van der Waals surface area contributed by atoms with Crippen molar-refractivity contribution < 1.29 is 19.2 Å². The maximum Gasteiger partial charge on any atom is 0.292 e. The van der Waals surface area contributed by atoms with Crippen molar-refractivity contribution in [3.8, 4) is 5.69 Å². The number of nitrogens with one attached hydrogen (secondary N) is 2. The number of primary amides is 1. The van der Waals surface area contributed by atoms with Crippen molar-refractivity contribution in [2.75, 3.05) is 6.54 Å². The molecule has 0 fully saturated rings. The first-order valence-electron chi connectivity index (χ1n) is 9.87. The molecule has 3 aromatic rings. The quantitative estimate of drug-likeness (QED) is 0.362. The van der Waals surface area contributed by atoms with Gasteiger partial charge in [0.05, 0.1) is 29.2 Å². The summed E-state index contributed by atoms with van der Waals surface area (Å²) in [6.45, 7) is 3.29. The highest BCUT2D eigenvalue weighted by Gasteiger charge is 2.24. The van der Waals surface area contributed by atoms with Crippen LogP contribution in [0.4, 0.5) is 0 Å². The van der Waals surface area contributed by atoms with Crippen LogP contribution >= 0.6 is 0 Å². The number of carbonyl (C=O) groups excluding carboxylic acids is 4. The maximum atomic E-state index is 12.8. The Morgan fingerprint density at radius 3 is 2.22 bits per heavy atom. The summed E-state index contributed by atoms with van der Waals surface area (Å²) in [6.07, 6.45) is 0. The molecule has 0 radical (unpaired) electrons. The van der Waals surface area contributed by atoms with E-state index in [1.807, 2.05) is 30.3 Å². The number of nitrogens with zero attached hydrogens (tertiary/aromatic N) is 2. The summed E-state index contributed by atoms with van der Waals surface area (Å²) in [7, 11) is 0. The topological polar surface area (TPSA) is 136 Å². The predicted molar refractivity (Wildman–Crippen MR) is 117 cm³/mol. The highest BCUT2D eigenvalue weighted by atomic mass is 16.2. The van der Waals surface area contributed by atoms with Gasteiger partial charge in [-0.1, -0.05) is 30.3 Å². The lowest BCUT2D eigenvalue weighted by Gasteiger charge is -2.07. The fraction of sp³-hybridized carbons (Fsp3) is 0.174. The highest BCUT2D eigenvalue weighted by molar-refractivity contribution is 6.43. The van der Waals surface area contributed by atoms with E-state index in [2.05, 4.69) is 15.7 Å². The Balaban J connectivity index is 1.64. The van der Waals surface area contributed by atoms with E-state index in [0.29, 0.717) is 22.5 Å². The molecule has 0 aliphatic heterocycles. The minimum Gasteiger partial charge on any atom is -0.368 e. The molecule has 4 N–H and O–H groups in total. The van der Waals surface area contributed by atoms with Crippen LogP contribution in [0.25, 0.3) is 5.69 Å². The van der Waals surface area contributed by atoms with Gasteiger partial charge in [-0.2, -0.15) is 5.10 Å². The maximum absolute atomic E-state index is 12.8. The highest BCUT2D eigenvalue weighted by Crippen LogP contribution is 2.18.